The van der Waals surface area contributed by atoms with Crippen molar-refractivity contribution in [3.05, 3.63) is 22.7 Å². The van der Waals surface area contributed by atoms with E-state index < -0.39 is 0 Å². The smallest absolute Gasteiger partial charge is 0.252 e. The molecule has 0 aliphatic carbocycles. The van der Waals surface area contributed by atoms with Gasteiger partial charge in [0.05, 0.1) is 6.33 Å². The fraction of sp³-hybridized carbons (Fsp3) is 0.600. The van der Waals surface area contributed by atoms with Crippen molar-refractivity contribution >= 4 is 5.82 Å². The molecule has 2 rings (SSSR count). The van der Waals surface area contributed by atoms with Crippen molar-refractivity contribution < 1.29 is 5.11 Å². The number of piperidine rings is 1. The third kappa shape index (κ3) is 2.36. The van der Waals surface area contributed by atoms with Crippen molar-refractivity contribution in [1.29, 1.82) is 0 Å². The molecule has 0 bridgehead atoms. The quantitative estimate of drug-likeness (QED) is 0.718. The Kier molecular flexibility index (Phi) is 3.01. The molecule has 0 saturated carbocycles. The molecule has 0 atom stereocenters. The van der Waals surface area contributed by atoms with Crippen LogP contribution in [0.25, 0.3) is 0 Å². The molecular weight excluding hydrogens is 194 g/mol. The van der Waals surface area contributed by atoms with E-state index in [-0.39, 0.29) is 12.2 Å². The molecule has 1 fully saturated rings. The molecule has 1 aromatic heterocycles. The minimum atomic E-state index is -0.121. The van der Waals surface area contributed by atoms with Gasteiger partial charge in [0.1, 0.15) is 5.82 Å². The summed E-state index contributed by atoms with van der Waals surface area (Å²) < 4.78 is 0. The first-order valence-electron chi connectivity index (χ1n) is 5.20. The van der Waals surface area contributed by atoms with Gasteiger partial charge in [0.25, 0.3) is 5.56 Å². The monoisotopic (exact) mass is 209 g/mol. The first-order valence-corrected chi connectivity index (χ1v) is 5.20. The zero-order valence-electron chi connectivity index (χ0n) is 8.52. The highest BCUT2D eigenvalue weighted by Crippen LogP contribution is 2.19. The molecule has 0 amide bonds. The van der Waals surface area contributed by atoms with Crippen molar-refractivity contribution in [2.75, 3.05) is 24.6 Å². The Balaban J connectivity index is 2.04. The van der Waals surface area contributed by atoms with Crippen molar-refractivity contribution in [1.82, 2.24) is 9.97 Å². The number of aromatic amines is 1. The number of aliphatic hydroxyl groups is 1. The third-order valence-electron chi connectivity index (χ3n) is 2.86. The van der Waals surface area contributed by atoms with Crippen LogP contribution in [0.3, 0.4) is 0 Å². The molecule has 15 heavy (non-hydrogen) atoms. The van der Waals surface area contributed by atoms with Crippen LogP contribution in [0.5, 0.6) is 0 Å². The highest BCUT2D eigenvalue weighted by atomic mass is 16.3. The van der Waals surface area contributed by atoms with Crippen LogP contribution in [0.15, 0.2) is 17.2 Å². The van der Waals surface area contributed by atoms with Crippen LogP contribution >= 0.6 is 0 Å². The van der Waals surface area contributed by atoms with Gasteiger partial charge in [-0.2, -0.15) is 0 Å². The summed E-state index contributed by atoms with van der Waals surface area (Å²) in [5, 5.41) is 9.00. The second-order valence-corrected chi connectivity index (χ2v) is 3.88. The van der Waals surface area contributed by atoms with E-state index in [0.29, 0.717) is 5.92 Å². The Morgan fingerprint density at radius 1 is 1.53 bits per heavy atom. The second kappa shape index (κ2) is 4.44. The van der Waals surface area contributed by atoms with E-state index >= 15 is 0 Å². The van der Waals surface area contributed by atoms with Gasteiger partial charge in [-0.3, -0.25) is 4.79 Å². The van der Waals surface area contributed by atoms with Crippen LogP contribution in [0.1, 0.15) is 12.8 Å². The summed E-state index contributed by atoms with van der Waals surface area (Å²) in [6.07, 6.45) is 3.35. The zero-order chi connectivity index (χ0) is 10.7. The summed E-state index contributed by atoms with van der Waals surface area (Å²) in [7, 11) is 0. The van der Waals surface area contributed by atoms with Crippen LogP contribution in [0, 0.1) is 5.92 Å². The number of aromatic nitrogens is 2. The molecule has 0 radical (unpaired) electrons. The fourth-order valence-corrected chi connectivity index (χ4v) is 1.88. The van der Waals surface area contributed by atoms with Crippen molar-refractivity contribution in [2.45, 2.75) is 12.8 Å². The number of hydrogen-bond donors (Lipinski definition) is 2. The minimum absolute atomic E-state index is 0.121. The number of hydrogen-bond acceptors (Lipinski definition) is 4. The summed E-state index contributed by atoms with van der Waals surface area (Å²) in [5.41, 5.74) is -0.121. The lowest BCUT2D eigenvalue weighted by Crippen LogP contribution is -2.35. The van der Waals surface area contributed by atoms with Crippen LogP contribution < -0.4 is 10.5 Å². The van der Waals surface area contributed by atoms with Crippen molar-refractivity contribution in [3.8, 4) is 0 Å². The largest absolute Gasteiger partial charge is 0.396 e. The molecule has 0 aromatic carbocycles. The molecule has 0 unspecified atom stereocenters. The Hall–Kier alpha value is -1.36. The fourth-order valence-electron chi connectivity index (χ4n) is 1.88. The summed E-state index contributed by atoms with van der Waals surface area (Å²) in [6, 6.07) is 1.51. The van der Waals surface area contributed by atoms with E-state index in [1.165, 1.54) is 12.4 Å². The van der Waals surface area contributed by atoms with E-state index in [4.69, 9.17) is 5.11 Å². The highest BCUT2D eigenvalue weighted by Gasteiger charge is 2.19. The Bertz CT molecular complexity index is 369. The average Bonchev–Trinajstić information content (AvgIpc) is 2.29. The maximum Gasteiger partial charge on any atom is 0.252 e. The molecule has 5 heteroatoms. The minimum Gasteiger partial charge on any atom is -0.396 e. The van der Waals surface area contributed by atoms with E-state index in [1.54, 1.807) is 0 Å². The number of anilines is 1. The predicted octanol–water partition coefficient (Wildman–Crippen LogP) is -0.0214. The molecule has 1 aliphatic rings. The normalized spacial score (nSPS) is 18.1. The molecule has 2 heterocycles. The van der Waals surface area contributed by atoms with E-state index in [0.717, 1.165) is 31.7 Å². The Morgan fingerprint density at radius 3 is 2.87 bits per heavy atom. The number of nitrogens with one attached hydrogen (secondary N) is 1. The first kappa shape index (κ1) is 10.2. The van der Waals surface area contributed by atoms with Gasteiger partial charge in [0.15, 0.2) is 0 Å². The predicted molar refractivity (Wildman–Crippen MR) is 56.9 cm³/mol. The second-order valence-electron chi connectivity index (χ2n) is 3.88. The van der Waals surface area contributed by atoms with Crippen molar-refractivity contribution in [2.24, 2.45) is 5.92 Å². The first-order chi connectivity index (χ1) is 7.29. The Morgan fingerprint density at radius 2 is 2.27 bits per heavy atom. The van der Waals surface area contributed by atoms with E-state index in [1.807, 2.05) is 0 Å². The van der Waals surface area contributed by atoms with Gasteiger partial charge >= 0.3 is 0 Å². The molecule has 5 nitrogen and oxygen atoms in total. The third-order valence-corrected chi connectivity index (χ3v) is 2.86. The Labute approximate surface area is 87.8 Å². The molecule has 0 spiro atoms. The van der Waals surface area contributed by atoms with Gasteiger partial charge in [0.2, 0.25) is 0 Å². The SMILES string of the molecule is O=c1cc(N2CCC(CO)CC2)nc[nH]1. The van der Waals surface area contributed by atoms with Crippen LogP contribution in [-0.2, 0) is 0 Å². The number of nitrogens with zero attached hydrogens (tertiary/aromatic N) is 2. The van der Waals surface area contributed by atoms with E-state index in [9.17, 15) is 4.79 Å². The van der Waals surface area contributed by atoms with Gasteiger partial charge in [-0.05, 0) is 18.8 Å². The lowest BCUT2D eigenvalue weighted by molar-refractivity contribution is 0.203. The maximum atomic E-state index is 11.1. The summed E-state index contributed by atoms with van der Waals surface area (Å²) in [5.74, 6) is 1.14. The lowest BCUT2D eigenvalue weighted by atomic mass is 9.98. The molecule has 1 aromatic rings. The molecular formula is C10H15N3O2. The molecule has 1 saturated heterocycles. The number of aliphatic hydroxyl groups excluding tert-OH is 1. The van der Waals surface area contributed by atoms with Gasteiger partial charge in [-0.15, -0.1) is 0 Å². The molecule has 2 N–H and O–H groups in total. The van der Waals surface area contributed by atoms with Crippen molar-refractivity contribution in [3.63, 3.8) is 0 Å². The number of H-pyrrole nitrogens is 1. The van der Waals surface area contributed by atoms with Gasteiger partial charge in [-0.25, -0.2) is 4.98 Å². The standard InChI is InChI=1S/C10H15N3O2/c14-6-8-1-3-13(4-2-8)9-5-10(15)12-7-11-9/h5,7-8,14H,1-4,6H2,(H,11,12,15). The van der Waals surface area contributed by atoms with Gasteiger partial charge in [0, 0.05) is 25.8 Å². The summed E-state index contributed by atoms with van der Waals surface area (Å²) >= 11 is 0. The number of rotatable bonds is 2. The van der Waals surface area contributed by atoms with Gasteiger partial charge in [-0.1, -0.05) is 0 Å². The zero-order valence-corrected chi connectivity index (χ0v) is 8.52. The van der Waals surface area contributed by atoms with Crippen LogP contribution in [-0.4, -0.2) is 34.8 Å². The highest BCUT2D eigenvalue weighted by molar-refractivity contribution is 5.36. The average molecular weight is 209 g/mol. The summed E-state index contributed by atoms with van der Waals surface area (Å²) in [4.78, 5) is 19.8. The molecule has 82 valence electrons. The van der Waals surface area contributed by atoms with E-state index in [2.05, 4.69) is 14.9 Å². The van der Waals surface area contributed by atoms with Crippen LogP contribution in [0.4, 0.5) is 5.82 Å². The van der Waals surface area contributed by atoms with Gasteiger partial charge < -0.3 is 15.0 Å². The van der Waals surface area contributed by atoms with Crippen LogP contribution in [0.2, 0.25) is 0 Å². The lowest BCUT2D eigenvalue weighted by Gasteiger charge is -2.31. The maximum absolute atomic E-state index is 11.1. The summed E-state index contributed by atoms with van der Waals surface area (Å²) in [6.45, 7) is 1.99. The topological polar surface area (TPSA) is 69.2 Å². The molecule has 1 aliphatic heterocycles.